The summed E-state index contributed by atoms with van der Waals surface area (Å²) in [7, 11) is 6.00. The van der Waals surface area contributed by atoms with E-state index < -0.39 is 5.97 Å². The molecule has 0 bridgehead atoms. The van der Waals surface area contributed by atoms with Gasteiger partial charge in [0.15, 0.2) is 0 Å². The fourth-order valence-electron chi connectivity index (χ4n) is 3.48. The number of carbonyl (C=O) groups is 2. The molecule has 0 fully saturated rings. The number of aliphatic carboxylic acids is 1. The van der Waals surface area contributed by atoms with Crippen molar-refractivity contribution in [2.75, 3.05) is 27.7 Å². The number of quaternary nitrogens is 1. The maximum absolute atomic E-state index is 12.1. The normalized spacial score (nSPS) is 12.5. The molecule has 0 aliphatic carbocycles. The Kier molecular flexibility index (Phi) is 11.5. The van der Waals surface area contributed by atoms with Gasteiger partial charge in [0, 0.05) is 6.42 Å². The van der Waals surface area contributed by atoms with Crippen molar-refractivity contribution in [2.24, 2.45) is 0 Å². The highest BCUT2D eigenvalue weighted by molar-refractivity contribution is 5.77. The molecular weight excluding hydrogens is 352 g/mol. The van der Waals surface area contributed by atoms with Crippen LogP contribution in [0, 0.1) is 0 Å². The molecular formula is C23H39N2O3+. The molecule has 1 aromatic carbocycles. The number of unbranched alkanes of at least 4 members (excludes halogenated alkanes) is 6. The summed E-state index contributed by atoms with van der Waals surface area (Å²) in [6.07, 6.45) is 9.70. The van der Waals surface area contributed by atoms with E-state index >= 15 is 0 Å². The van der Waals surface area contributed by atoms with Gasteiger partial charge in [-0.2, -0.15) is 0 Å². The lowest BCUT2D eigenvalue weighted by atomic mass is 10.0. The third-order valence-electron chi connectivity index (χ3n) is 4.77. The molecule has 1 aromatic rings. The zero-order valence-corrected chi connectivity index (χ0v) is 18.0. The third kappa shape index (κ3) is 13.3. The number of carboxylic acid groups (broad SMARTS) is 1. The zero-order valence-electron chi connectivity index (χ0n) is 18.0. The molecule has 0 aliphatic rings. The molecule has 0 aromatic heterocycles. The number of carbonyl (C=O) groups excluding carboxylic acids is 1. The van der Waals surface area contributed by atoms with Crippen molar-refractivity contribution in [1.29, 1.82) is 0 Å². The Bertz CT molecular complexity index is 567. The predicted molar refractivity (Wildman–Crippen MR) is 114 cm³/mol. The van der Waals surface area contributed by atoms with Crippen LogP contribution >= 0.6 is 0 Å². The second-order valence-corrected chi connectivity index (χ2v) is 8.80. The van der Waals surface area contributed by atoms with E-state index in [1.54, 1.807) is 0 Å². The molecule has 0 saturated heterocycles. The van der Waals surface area contributed by atoms with Gasteiger partial charge in [-0.3, -0.25) is 9.59 Å². The largest absolute Gasteiger partial charge is 0.481 e. The first-order valence-corrected chi connectivity index (χ1v) is 10.6. The molecule has 1 rings (SSSR count). The number of nitrogens with zero attached hydrogens (tertiary/aromatic N) is 1. The van der Waals surface area contributed by atoms with Crippen LogP contribution in [0.25, 0.3) is 0 Å². The second-order valence-electron chi connectivity index (χ2n) is 8.80. The summed E-state index contributed by atoms with van der Waals surface area (Å²) < 4.78 is 0.627. The van der Waals surface area contributed by atoms with Gasteiger partial charge in [0.25, 0.3) is 0 Å². The van der Waals surface area contributed by atoms with Gasteiger partial charge in [-0.15, -0.1) is 0 Å². The van der Waals surface area contributed by atoms with Gasteiger partial charge in [-0.1, -0.05) is 62.4 Å². The molecule has 0 heterocycles. The number of benzene rings is 1. The smallest absolute Gasteiger partial charge is 0.305 e. The predicted octanol–water partition coefficient (Wildman–Crippen LogP) is 4.02. The van der Waals surface area contributed by atoms with Gasteiger partial charge >= 0.3 is 5.97 Å². The molecule has 2 N–H and O–H groups in total. The molecule has 1 atom stereocenters. The van der Waals surface area contributed by atoms with Crippen LogP contribution in [0.4, 0.5) is 0 Å². The number of nitrogens with one attached hydrogen (secondary N) is 1. The highest BCUT2D eigenvalue weighted by Gasteiger charge is 2.22. The summed E-state index contributed by atoms with van der Waals surface area (Å²) in [4.78, 5) is 23.1. The van der Waals surface area contributed by atoms with Gasteiger partial charge in [-0.25, -0.2) is 0 Å². The van der Waals surface area contributed by atoms with E-state index in [-0.39, 0.29) is 18.4 Å². The van der Waals surface area contributed by atoms with Gasteiger partial charge in [0.1, 0.15) is 0 Å². The van der Waals surface area contributed by atoms with Crippen molar-refractivity contribution in [3.63, 3.8) is 0 Å². The SMILES string of the molecule is C[N+](C)(C)C[C@@H](CC(=O)O)NC(=O)CCCCCCCCCc1ccccc1. The van der Waals surface area contributed by atoms with E-state index in [1.807, 2.05) is 21.1 Å². The average molecular weight is 392 g/mol. The standard InChI is InChI=1S/C23H38N2O3/c1-25(2,3)19-21(18-23(27)28)24-22(26)17-13-8-6-4-5-7-10-14-20-15-11-9-12-16-20/h9,11-12,15-16,21H,4-8,10,13-14,17-19H2,1-3H3,(H-,24,26,27,28)/p+1/t21-/m1/s1. The zero-order chi connectivity index (χ0) is 20.8. The van der Waals surface area contributed by atoms with Crippen LogP contribution < -0.4 is 5.32 Å². The fourth-order valence-corrected chi connectivity index (χ4v) is 3.48. The number of aryl methyl sites for hydroxylation is 1. The molecule has 0 saturated carbocycles. The van der Waals surface area contributed by atoms with Crippen LogP contribution in [0.5, 0.6) is 0 Å². The summed E-state index contributed by atoms with van der Waals surface area (Å²) in [5, 5.41) is 11.9. The molecule has 5 heteroatoms. The maximum Gasteiger partial charge on any atom is 0.305 e. The molecule has 0 spiro atoms. The van der Waals surface area contributed by atoms with E-state index in [2.05, 4.69) is 35.6 Å². The molecule has 5 nitrogen and oxygen atoms in total. The lowest BCUT2D eigenvalue weighted by Crippen LogP contribution is -2.49. The first kappa shape index (κ1) is 24.2. The quantitative estimate of drug-likeness (QED) is 0.351. The first-order valence-electron chi connectivity index (χ1n) is 10.6. The Morgan fingerprint density at radius 1 is 0.929 bits per heavy atom. The summed E-state index contributed by atoms with van der Waals surface area (Å²) in [6.45, 7) is 0.612. The Morgan fingerprint density at radius 3 is 2.07 bits per heavy atom. The van der Waals surface area contributed by atoms with Crippen LogP contribution in [0.3, 0.4) is 0 Å². The molecule has 28 heavy (non-hydrogen) atoms. The highest BCUT2D eigenvalue weighted by atomic mass is 16.4. The Hall–Kier alpha value is -1.88. The van der Waals surface area contributed by atoms with E-state index in [9.17, 15) is 9.59 Å². The van der Waals surface area contributed by atoms with Crippen LogP contribution in [0.15, 0.2) is 30.3 Å². The molecule has 0 aliphatic heterocycles. The number of amides is 1. The van der Waals surface area contributed by atoms with Crippen LogP contribution in [0.1, 0.15) is 63.4 Å². The van der Waals surface area contributed by atoms with Gasteiger partial charge in [-0.05, 0) is 24.8 Å². The number of hydrogen-bond donors (Lipinski definition) is 2. The number of carboxylic acids is 1. The maximum atomic E-state index is 12.1. The van der Waals surface area contributed by atoms with E-state index in [0.717, 1.165) is 25.7 Å². The number of hydrogen-bond acceptors (Lipinski definition) is 2. The summed E-state index contributed by atoms with van der Waals surface area (Å²) in [5.74, 6) is -0.895. The Morgan fingerprint density at radius 2 is 1.50 bits per heavy atom. The molecule has 1 amide bonds. The van der Waals surface area contributed by atoms with Crippen molar-refractivity contribution >= 4 is 11.9 Å². The van der Waals surface area contributed by atoms with Crippen LogP contribution in [0.2, 0.25) is 0 Å². The minimum Gasteiger partial charge on any atom is -0.481 e. The topological polar surface area (TPSA) is 66.4 Å². The lowest BCUT2D eigenvalue weighted by molar-refractivity contribution is -0.871. The number of likely N-dealkylation sites (N-methyl/N-ethyl adjacent to an activating group) is 1. The van der Waals surface area contributed by atoms with E-state index in [0.29, 0.717) is 17.4 Å². The van der Waals surface area contributed by atoms with Crippen molar-refractivity contribution < 1.29 is 19.2 Å². The van der Waals surface area contributed by atoms with Crippen molar-refractivity contribution in [3.8, 4) is 0 Å². The minimum atomic E-state index is -0.869. The van der Waals surface area contributed by atoms with Crippen molar-refractivity contribution in [2.45, 2.75) is 70.3 Å². The Labute approximate surface area is 170 Å². The third-order valence-corrected chi connectivity index (χ3v) is 4.77. The molecule has 0 radical (unpaired) electrons. The van der Waals surface area contributed by atoms with Crippen molar-refractivity contribution in [1.82, 2.24) is 5.32 Å². The van der Waals surface area contributed by atoms with E-state index in [1.165, 1.54) is 31.2 Å². The van der Waals surface area contributed by atoms with Gasteiger partial charge in [0.2, 0.25) is 5.91 Å². The van der Waals surface area contributed by atoms with Crippen molar-refractivity contribution in [3.05, 3.63) is 35.9 Å². The molecule has 158 valence electrons. The van der Waals surface area contributed by atoms with E-state index in [4.69, 9.17) is 5.11 Å². The summed E-state index contributed by atoms with van der Waals surface area (Å²) >= 11 is 0. The fraction of sp³-hybridized carbons (Fsp3) is 0.652. The monoisotopic (exact) mass is 391 g/mol. The molecule has 0 unspecified atom stereocenters. The van der Waals surface area contributed by atoms with Gasteiger partial charge in [0.05, 0.1) is 40.2 Å². The first-order chi connectivity index (χ1) is 13.3. The minimum absolute atomic E-state index is 0.0236. The average Bonchev–Trinajstić information content (AvgIpc) is 2.59. The summed E-state index contributed by atoms with van der Waals surface area (Å²) in [6, 6.07) is 10.3. The highest BCUT2D eigenvalue weighted by Crippen LogP contribution is 2.11. The van der Waals surface area contributed by atoms with Crippen LogP contribution in [-0.2, 0) is 16.0 Å². The Balaban J connectivity index is 2.06. The summed E-state index contributed by atoms with van der Waals surface area (Å²) in [5.41, 5.74) is 1.42. The van der Waals surface area contributed by atoms with Crippen LogP contribution in [-0.4, -0.2) is 55.2 Å². The lowest BCUT2D eigenvalue weighted by Gasteiger charge is -2.29. The van der Waals surface area contributed by atoms with Gasteiger partial charge < -0.3 is 14.9 Å². The second kappa shape index (κ2) is 13.3. The number of rotatable bonds is 15.